The molecule has 24 heavy (non-hydrogen) atoms. The van der Waals surface area contributed by atoms with E-state index in [4.69, 9.17) is 5.11 Å². The van der Waals surface area contributed by atoms with Gasteiger partial charge >= 0.3 is 5.97 Å². The fourth-order valence-corrected chi connectivity index (χ4v) is 3.52. The molecule has 1 aromatic heterocycles. The normalized spacial score (nSPS) is 18.9. The van der Waals surface area contributed by atoms with Crippen molar-refractivity contribution in [3.05, 3.63) is 53.6 Å². The number of hydrogen-bond acceptors (Lipinski definition) is 3. The summed E-state index contributed by atoms with van der Waals surface area (Å²) < 4.78 is 2.23. The summed E-state index contributed by atoms with van der Waals surface area (Å²) in [4.78, 5) is 17.8. The molecule has 1 aromatic carbocycles. The summed E-state index contributed by atoms with van der Waals surface area (Å²) >= 11 is 0. The van der Waals surface area contributed by atoms with Crippen LogP contribution in [0.4, 0.5) is 0 Å². The second kappa shape index (κ2) is 7.18. The van der Waals surface area contributed by atoms with Crippen molar-refractivity contribution in [1.29, 1.82) is 0 Å². The smallest absolute Gasteiger partial charge is 0.335 e. The van der Waals surface area contributed by atoms with E-state index in [1.807, 2.05) is 24.7 Å². The van der Waals surface area contributed by atoms with Crippen LogP contribution < -0.4 is 0 Å². The maximum atomic E-state index is 11.0. The van der Waals surface area contributed by atoms with Gasteiger partial charge in [0.25, 0.3) is 0 Å². The lowest BCUT2D eigenvalue weighted by Crippen LogP contribution is -2.34. The van der Waals surface area contributed by atoms with Crippen LogP contribution in [0.3, 0.4) is 0 Å². The molecule has 5 heteroatoms. The zero-order valence-electron chi connectivity index (χ0n) is 14.4. The summed E-state index contributed by atoms with van der Waals surface area (Å²) in [7, 11) is 0. The number of nitrogens with zero attached hydrogens (tertiary/aromatic N) is 3. The van der Waals surface area contributed by atoms with Crippen molar-refractivity contribution >= 4 is 5.97 Å². The van der Waals surface area contributed by atoms with E-state index >= 15 is 0 Å². The number of aromatic nitrogens is 2. The van der Waals surface area contributed by atoms with E-state index in [1.54, 1.807) is 12.1 Å². The Morgan fingerprint density at radius 3 is 2.75 bits per heavy atom. The molecule has 1 aliphatic heterocycles. The predicted octanol–water partition coefficient (Wildman–Crippen LogP) is 3.54. The number of rotatable bonds is 5. The first-order valence-electron chi connectivity index (χ1n) is 8.61. The highest BCUT2D eigenvalue weighted by atomic mass is 16.4. The molecular formula is C19H25N3O2. The number of imidazole rings is 1. The minimum Gasteiger partial charge on any atom is -0.478 e. The Labute approximate surface area is 142 Å². The Morgan fingerprint density at radius 2 is 2.08 bits per heavy atom. The van der Waals surface area contributed by atoms with E-state index in [0.717, 1.165) is 26.1 Å². The number of benzene rings is 1. The van der Waals surface area contributed by atoms with Crippen LogP contribution in [0.2, 0.25) is 0 Å². The number of carboxylic acid groups (broad SMARTS) is 1. The SMILES string of the molecule is CC(C)n1cncc1CN1CCC[C@@H](c2ccc(C(=O)O)cc2)C1. The zero-order valence-corrected chi connectivity index (χ0v) is 14.4. The fourth-order valence-electron chi connectivity index (χ4n) is 3.52. The van der Waals surface area contributed by atoms with E-state index in [-0.39, 0.29) is 0 Å². The van der Waals surface area contributed by atoms with Crippen LogP contribution in [0.5, 0.6) is 0 Å². The Bertz CT molecular complexity index is 691. The third kappa shape index (κ3) is 3.67. The summed E-state index contributed by atoms with van der Waals surface area (Å²) in [5, 5.41) is 9.03. The molecule has 0 bridgehead atoms. The minimum absolute atomic E-state index is 0.354. The van der Waals surface area contributed by atoms with E-state index in [9.17, 15) is 4.79 Å². The van der Waals surface area contributed by atoms with Crippen molar-refractivity contribution < 1.29 is 9.90 Å². The van der Waals surface area contributed by atoms with Crippen molar-refractivity contribution in [2.24, 2.45) is 0 Å². The molecule has 0 radical (unpaired) electrons. The van der Waals surface area contributed by atoms with E-state index in [0.29, 0.717) is 17.5 Å². The van der Waals surface area contributed by atoms with Crippen LogP contribution in [0.25, 0.3) is 0 Å². The average molecular weight is 327 g/mol. The van der Waals surface area contributed by atoms with Gasteiger partial charge in [0.1, 0.15) is 0 Å². The van der Waals surface area contributed by atoms with Gasteiger partial charge in [0.05, 0.1) is 17.6 Å². The number of hydrogen-bond donors (Lipinski definition) is 1. The molecule has 1 saturated heterocycles. The molecule has 2 heterocycles. The van der Waals surface area contributed by atoms with Crippen molar-refractivity contribution in [2.75, 3.05) is 13.1 Å². The number of carbonyl (C=O) groups is 1. The van der Waals surface area contributed by atoms with Gasteiger partial charge in [-0.25, -0.2) is 9.78 Å². The quantitative estimate of drug-likeness (QED) is 0.912. The van der Waals surface area contributed by atoms with Gasteiger partial charge in [0, 0.05) is 25.3 Å². The summed E-state index contributed by atoms with van der Waals surface area (Å²) in [5.74, 6) is -0.397. The highest BCUT2D eigenvalue weighted by Gasteiger charge is 2.22. The fraction of sp³-hybridized carbons (Fsp3) is 0.474. The Kier molecular flexibility index (Phi) is 5.00. The molecule has 0 amide bonds. The van der Waals surface area contributed by atoms with Crippen LogP contribution in [0.15, 0.2) is 36.8 Å². The van der Waals surface area contributed by atoms with Crippen LogP contribution >= 0.6 is 0 Å². The molecule has 5 nitrogen and oxygen atoms in total. The highest BCUT2D eigenvalue weighted by molar-refractivity contribution is 5.87. The molecule has 1 fully saturated rings. The maximum Gasteiger partial charge on any atom is 0.335 e. The van der Waals surface area contributed by atoms with Crippen molar-refractivity contribution in [1.82, 2.24) is 14.5 Å². The topological polar surface area (TPSA) is 58.4 Å². The number of carboxylic acids is 1. The molecule has 128 valence electrons. The van der Waals surface area contributed by atoms with Gasteiger partial charge in [-0.1, -0.05) is 12.1 Å². The second-order valence-corrected chi connectivity index (χ2v) is 6.89. The molecule has 1 atom stereocenters. The first-order valence-corrected chi connectivity index (χ1v) is 8.61. The average Bonchev–Trinajstić information content (AvgIpc) is 3.03. The Morgan fingerprint density at radius 1 is 1.33 bits per heavy atom. The predicted molar refractivity (Wildman–Crippen MR) is 93.3 cm³/mol. The first-order chi connectivity index (χ1) is 11.5. The van der Waals surface area contributed by atoms with Gasteiger partial charge < -0.3 is 9.67 Å². The van der Waals surface area contributed by atoms with Crippen LogP contribution in [-0.4, -0.2) is 38.6 Å². The lowest BCUT2D eigenvalue weighted by molar-refractivity contribution is 0.0697. The van der Waals surface area contributed by atoms with Gasteiger partial charge in [0.15, 0.2) is 0 Å². The standard InChI is InChI=1S/C19H25N3O2/c1-14(2)22-13-20-10-18(22)12-21-9-3-4-17(11-21)15-5-7-16(8-6-15)19(23)24/h5-8,10,13-14,17H,3-4,9,11-12H2,1-2H3,(H,23,24)/t17-/m1/s1. The van der Waals surface area contributed by atoms with Gasteiger partial charge in [-0.05, 0) is 56.8 Å². The van der Waals surface area contributed by atoms with Crippen molar-refractivity contribution in [3.8, 4) is 0 Å². The molecule has 2 aromatic rings. The van der Waals surface area contributed by atoms with Crippen LogP contribution in [0, 0.1) is 0 Å². The first kappa shape index (κ1) is 16.7. The lowest BCUT2D eigenvalue weighted by Gasteiger charge is -2.33. The zero-order chi connectivity index (χ0) is 17.1. The third-order valence-corrected chi connectivity index (χ3v) is 4.82. The molecule has 0 saturated carbocycles. The minimum atomic E-state index is -0.867. The lowest BCUT2D eigenvalue weighted by atomic mass is 9.90. The van der Waals surface area contributed by atoms with Gasteiger partial charge in [-0.15, -0.1) is 0 Å². The third-order valence-electron chi connectivity index (χ3n) is 4.82. The van der Waals surface area contributed by atoms with Gasteiger partial charge in [0.2, 0.25) is 0 Å². The molecular weight excluding hydrogens is 302 g/mol. The van der Waals surface area contributed by atoms with E-state index in [1.165, 1.54) is 17.7 Å². The van der Waals surface area contributed by atoms with Gasteiger partial charge in [-0.3, -0.25) is 4.90 Å². The van der Waals surface area contributed by atoms with Crippen molar-refractivity contribution in [3.63, 3.8) is 0 Å². The molecule has 0 spiro atoms. The second-order valence-electron chi connectivity index (χ2n) is 6.89. The largest absolute Gasteiger partial charge is 0.478 e. The number of aromatic carboxylic acids is 1. The van der Waals surface area contributed by atoms with E-state index < -0.39 is 5.97 Å². The number of likely N-dealkylation sites (tertiary alicyclic amines) is 1. The summed E-state index contributed by atoms with van der Waals surface area (Å²) in [6.45, 7) is 7.38. The Hall–Kier alpha value is -2.14. The van der Waals surface area contributed by atoms with E-state index in [2.05, 4.69) is 28.3 Å². The van der Waals surface area contributed by atoms with Gasteiger partial charge in [-0.2, -0.15) is 0 Å². The molecule has 3 rings (SSSR count). The summed E-state index contributed by atoms with van der Waals surface area (Å²) in [6, 6.07) is 7.78. The molecule has 0 aliphatic carbocycles. The molecule has 1 N–H and O–H groups in total. The summed E-state index contributed by atoms with van der Waals surface area (Å²) in [6.07, 6.45) is 6.20. The Balaban J connectivity index is 1.68. The molecule has 0 unspecified atom stereocenters. The van der Waals surface area contributed by atoms with Crippen molar-refractivity contribution in [2.45, 2.75) is 45.2 Å². The van der Waals surface area contributed by atoms with Crippen LogP contribution in [0.1, 0.15) is 60.3 Å². The highest BCUT2D eigenvalue weighted by Crippen LogP contribution is 2.28. The number of piperidine rings is 1. The summed E-state index contributed by atoms with van der Waals surface area (Å²) in [5.41, 5.74) is 2.85. The monoisotopic (exact) mass is 327 g/mol. The maximum absolute atomic E-state index is 11.0. The molecule has 1 aliphatic rings. The van der Waals surface area contributed by atoms with Crippen LogP contribution in [-0.2, 0) is 6.54 Å².